The Balaban J connectivity index is 2.27. The maximum atomic E-state index is 13.9. The van der Waals surface area contributed by atoms with Crippen molar-refractivity contribution in [2.24, 2.45) is 0 Å². The van der Waals surface area contributed by atoms with E-state index >= 15 is 0 Å². The minimum Gasteiger partial charge on any atom is -0.294 e. The first-order valence-corrected chi connectivity index (χ1v) is 7.11. The van der Waals surface area contributed by atoms with Crippen LogP contribution < -0.4 is 0 Å². The van der Waals surface area contributed by atoms with E-state index < -0.39 is 28.9 Å². The Morgan fingerprint density at radius 2 is 1.81 bits per heavy atom. The van der Waals surface area contributed by atoms with Gasteiger partial charge in [0.15, 0.2) is 5.78 Å². The maximum Gasteiger partial charge on any atom is 0.419 e. The lowest BCUT2D eigenvalue weighted by molar-refractivity contribution is -0.140. The third kappa shape index (κ3) is 3.50. The normalized spacial score (nSPS) is 11.7. The zero-order valence-electron chi connectivity index (χ0n) is 11.1. The van der Waals surface area contributed by atoms with Gasteiger partial charge in [-0.2, -0.15) is 13.2 Å². The highest BCUT2D eigenvalue weighted by molar-refractivity contribution is 7.12. The van der Waals surface area contributed by atoms with Gasteiger partial charge in [0.1, 0.15) is 5.82 Å². The second-order valence-electron chi connectivity index (χ2n) is 4.49. The number of hydrogen-bond donors (Lipinski definition) is 0. The maximum absolute atomic E-state index is 13.9. The summed E-state index contributed by atoms with van der Waals surface area (Å²) in [5, 5.41) is 0. The van der Waals surface area contributed by atoms with Gasteiger partial charge in [-0.25, -0.2) is 4.39 Å². The van der Waals surface area contributed by atoms with Crippen LogP contribution in [0.2, 0.25) is 0 Å². The zero-order chi connectivity index (χ0) is 15.6. The average molecular weight is 316 g/mol. The van der Waals surface area contributed by atoms with Gasteiger partial charge in [0.05, 0.1) is 11.1 Å². The molecule has 0 bridgehead atoms. The molecule has 0 N–H and O–H groups in total. The third-order valence-electron chi connectivity index (χ3n) is 3.01. The lowest BCUT2D eigenvalue weighted by atomic mass is 10.0. The molecule has 0 atom stereocenters. The summed E-state index contributed by atoms with van der Waals surface area (Å²) in [5.41, 5.74) is -1.93. The lowest BCUT2D eigenvalue weighted by Gasteiger charge is -2.10. The molecule has 0 amide bonds. The fourth-order valence-corrected chi connectivity index (χ4v) is 2.88. The van der Waals surface area contributed by atoms with Crippen LogP contribution in [0.5, 0.6) is 0 Å². The highest BCUT2D eigenvalue weighted by Gasteiger charge is 2.35. The number of benzene rings is 1. The van der Waals surface area contributed by atoms with E-state index in [4.69, 9.17) is 0 Å². The molecule has 0 saturated heterocycles. The van der Waals surface area contributed by atoms with Crippen LogP contribution in [0.3, 0.4) is 0 Å². The van der Waals surface area contributed by atoms with Gasteiger partial charge in [-0.05, 0) is 30.7 Å². The molecule has 0 unspecified atom stereocenters. The highest BCUT2D eigenvalue weighted by atomic mass is 32.1. The van der Waals surface area contributed by atoms with Crippen LogP contribution in [0, 0.1) is 5.82 Å². The van der Waals surface area contributed by atoms with E-state index in [-0.39, 0.29) is 6.42 Å². The standard InChI is InChI=1S/C15H12F4OS/c1-2-9-6-7-10(21-9)8-13(20)11-4-3-5-12(14(11)16)15(17,18)19/h3-7H,2,8H2,1H3. The molecule has 112 valence electrons. The van der Waals surface area contributed by atoms with Gasteiger partial charge in [-0.1, -0.05) is 13.0 Å². The first-order chi connectivity index (χ1) is 9.82. The number of ketones is 1. The van der Waals surface area contributed by atoms with Crippen LogP contribution in [0.1, 0.15) is 32.6 Å². The molecule has 0 fully saturated rings. The molecule has 1 heterocycles. The summed E-state index contributed by atoms with van der Waals surface area (Å²) in [6.07, 6.45) is -4.08. The Morgan fingerprint density at radius 1 is 1.14 bits per heavy atom. The van der Waals surface area contributed by atoms with E-state index in [1.807, 2.05) is 13.0 Å². The van der Waals surface area contributed by atoms with Crippen LogP contribution in [0.4, 0.5) is 17.6 Å². The highest BCUT2D eigenvalue weighted by Crippen LogP contribution is 2.32. The predicted octanol–water partition coefficient (Wildman–Crippen LogP) is 4.89. The minimum absolute atomic E-state index is 0.0943. The molecule has 0 saturated carbocycles. The predicted molar refractivity (Wildman–Crippen MR) is 73.1 cm³/mol. The number of hydrogen-bond acceptors (Lipinski definition) is 2. The topological polar surface area (TPSA) is 17.1 Å². The summed E-state index contributed by atoms with van der Waals surface area (Å²) in [6, 6.07) is 6.36. The second-order valence-corrected chi connectivity index (χ2v) is 5.74. The van der Waals surface area contributed by atoms with Crippen LogP contribution >= 0.6 is 11.3 Å². The van der Waals surface area contributed by atoms with Gasteiger partial charge in [0, 0.05) is 16.2 Å². The number of aryl methyl sites for hydroxylation is 1. The van der Waals surface area contributed by atoms with Crippen molar-refractivity contribution in [1.82, 2.24) is 0 Å². The summed E-state index contributed by atoms with van der Waals surface area (Å²) >= 11 is 1.41. The van der Waals surface area contributed by atoms with Crippen molar-refractivity contribution in [3.63, 3.8) is 0 Å². The summed E-state index contributed by atoms with van der Waals surface area (Å²) in [4.78, 5) is 13.8. The molecule has 1 nitrogen and oxygen atoms in total. The summed E-state index contributed by atoms with van der Waals surface area (Å²) in [5.74, 6) is -2.15. The molecule has 0 radical (unpaired) electrons. The van der Waals surface area contributed by atoms with Crippen LogP contribution in [-0.2, 0) is 19.0 Å². The fraction of sp³-hybridized carbons (Fsp3) is 0.267. The molecule has 1 aromatic carbocycles. The monoisotopic (exact) mass is 316 g/mol. The molecule has 1 aromatic heterocycles. The number of rotatable bonds is 4. The Kier molecular flexibility index (Phi) is 4.46. The summed E-state index contributed by atoms with van der Waals surface area (Å²) in [7, 11) is 0. The van der Waals surface area contributed by atoms with E-state index in [9.17, 15) is 22.4 Å². The Hall–Kier alpha value is -1.69. The smallest absolute Gasteiger partial charge is 0.294 e. The Morgan fingerprint density at radius 3 is 2.38 bits per heavy atom. The first-order valence-electron chi connectivity index (χ1n) is 6.29. The Bertz CT molecular complexity index is 658. The second kappa shape index (κ2) is 5.97. The molecule has 0 aliphatic rings. The summed E-state index contributed by atoms with van der Waals surface area (Å²) in [6.45, 7) is 1.96. The number of carbonyl (C=O) groups is 1. The average Bonchev–Trinajstić information content (AvgIpc) is 2.85. The molecule has 0 aliphatic carbocycles. The molecule has 2 aromatic rings. The van der Waals surface area contributed by atoms with E-state index in [0.29, 0.717) is 10.9 Å². The zero-order valence-corrected chi connectivity index (χ0v) is 11.9. The van der Waals surface area contributed by atoms with Gasteiger partial charge in [0.25, 0.3) is 0 Å². The van der Waals surface area contributed by atoms with Gasteiger partial charge in [-0.15, -0.1) is 11.3 Å². The van der Waals surface area contributed by atoms with Crippen molar-refractivity contribution in [1.29, 1.82) is 0 Å². The van der Waals surface area contributed by atoms with Gasteiger partial charge >= 0.3 is 6.18 Å². The fourth-order valence-electron chi connectivity index (χ4n) is 1.93. The van der Waals surface area contributed by atoms with Crippen molar-refractivity contribution in [2.75, 3.05) is 0 Å². The minimum atomic E-state index is -4.81. The lowest BCUT2D eigenvalue weighted by Crippen LogP contribution is -2.13. The molecular formula is C15H12F4OS. The number of alkyl halides is 3. The van der Waals surface area contributed by atoms with Crippen molar-refractivity contribution in [3.8, 4) is 0 Å². The van der Waals surface area contributed by atoms with Gasteiger partial charge < -0.3 is 0 Å². The SMILES string of the molecule is CCc1ccc(CC(=O)c2cccc(C(F)(F)F)c2F)s1. The van der Waals surface area contributed by atoms with Gasteiger partial charge in [0.2, 0.25) is 0 Å². The number of carbonyl (C=O) groups excluding carboxylic acids is 1. The molecule has 0 aliphatic heterocycles. The largest absolute Gasteiger partial charge is 0.419 e. The van der Waals surface area contributed by atoms with Crippen molar-refractivity contribution in [3.05, 3.63) is 57.0 Å². The summed E-state index contributed by atoms with van der Waals surface area (Å²) < 4.78 is 51.7. The van der Waals surface area contributed by atoms with Crippen LogP contribution in [0.25, 0.3) is 0 Å². The molecular weight excluding hydrogens is 304 g/mol. The molecule has 0 spiro atoms. The van der Waals surface area contributed by atoms with E-state index in [0.717, 1.165) is 23.4 Å². The van der Waals surface area contributed by atoms with Gasteiger partial charge in [-0.3, -0.25) is 4.79 Å². The van der Waals surface area contributed by atoms with Crippen LogP contribution in [-0.4, -0.2) is 5.78 Å². The van der Waals surface area contributed by atoms with E-state index in [1.165, 1.54) is 11.3 Å². The third-order valence-corrected chi connectivity index (χ3v) is 4.23. The van der Waals surface area contributed by atoms with E-state index in [2.05, 4.69) is 0 Å². The quantitative estimate of drug-likeness (QED) is 0.579. The number of halogens is 4. The van der Waals surface area contributed by atoms with E-state index in [1.54, 1.807) is 6.07 Å². The van der Waals surface area contributed by atoms with Crippen molar-refractivity contribution in [2.45, 2.75) is 25.9 Å². The van der Waals surface area contributed by atoms with Crippen molar-refractivity contribution < 1.29 is 22.4 Å². The first kappa shape index (κ1) is 15.7. The van der Waals surface area contributed by atoms with Crippen molar-refractivity contribution >= 4 is 17.1 Å². The molecule has 2 rings (SSSR count). The molecule has 6 heteroatoms. The Labute approximate surface area is 123 Å². The molecule has 21 heavy (non-hydrogen) atoms. The number of Topliss-reactive ketones (excluding diaryl/α,β-unsaturated/α-hetero) is 1. The number of thiophene rings is 1. The van der Waals surface area contributed by atoms with Crippen LogP contribution in [0.15, 0.2) is 30.3 Å².